The number of carbonyl (C=O) groups excluding carboxylic acids is 3. The van der Waals surface area contributed by atoms with E-state index in [1.807, 2.05) is 0 Å². The van der Waals surface area contributed by atoms with Crippen LogP contribution in [0.25, 0.3) is 10.6 Å². The normalized spacial score (nSPS) is 15.0. The molecule has 1 aliphatic carbocycles. The van der Waals surface area contributed by atoms with E-state index in [1.165, 1.54) is 19.1 Å². The second kappa shape index (κ2) is 9.13. The number of urea groups is 1. The topological polar surface area (TPSA) is 97.4 Å². The van der Waals surface area contributed by atoms with Gasteiger partial charge in [0.15, 0.2) is 6.10 Å². The molecule has 2 aromatic rings. The Morgan fingerprint density at radius 2 is 1.86 bits per heavy atom. The van der Waals surface area contributed by atoms with Gasteiger partial charge in [0.2, 0.25) is 0 Å². The fraction of sp³-hybridized carbons (Fsp3) is 0.400. The molecule has 154 valence electrons. The molecule has 0 spiro atoms. The monoisotopic (exact) mass is 419 g/mol. The van der Waals surface area contributed by atoms with Gasteiger partial charge in [-0.1, -0.05) is 12.8 Å². The number of rotatable bonds is 5. The van der Waals surface area contributed by atoms with E-state index in [2.05, 4.69) is 15.6 Å². The zero-order chi connectivity index (χ0) is 21.0. The molecular weight excluding hydrogens is 397 g/mol. The maximum atomic E-state index is 13.1. The van der Waals surface area contributed by atoms with Crippen LogP contribution in [0.5, 0.6) is 0 Å². The van der Waals surface area contributed by atoms with Crippen LogP contribution in [0, 0.1) is 12.7 Å². The number of esters is 1. The van der Waals surface area contributed by atoms with Crippen molar-refractivity contribution in [2.24, 2.45) is 0 Å². The number of hydrogen-bond acceptors (Lipinski definition) is 6. The smallest absolute Gasteiger partial charge is 0.351 e. The van der Waals surface area contributed by atoms with Gasteiger partial charge in [-0.05, 0) is 51.0 Å². The van der Waals surface area contributed by atoms with Crippen molar-refractivity contribution in [1.29, 1.82) is 0 Å². The van der Waals surface area contributed by atoms with Crippen molar-refractivity contribution in [3.8, 4) is 10.6 Å². The molecule has 0 bridgehead atoms. The zero-order valence-corrected chi connectivity index (χ0v) is 17.0. The van der Waals surface area contributed by atoms with Crippen LogP contribution in [0.2, 0.25) is 0 Å². The number of benzene rings is 1. The van der Waals surface area contributed by atoms with Crippen molar-refractivity contribution in [1.82, 2.24) is 15.6 Å². The van der Waals surface area contributed by atoms with E-state index < -0.39 is 24.0 Å². The number of aryl methyl sites for hydroxylation is 1. The van der Waals surface area contributed by atoms with E-state index in [1.54, 1.807) is 19.1 Å². The summed E-state index contributed by atoms with van der Waals surface area (Å²) in [5.74, 6) is -1.76. The second-order valence-electron chi connectivity index (χ2n) is 6.93. The minimum atomic E-state index is -1.15. The third-order valence-corrected chi connectivity index (χ3v) is 5.84. The first-order chi connectivity index (χ1) is 13.8. The number of thiazole rings is 1. The van der Waals surface area contributed by atoms with Gasteiger partial charge >= 0.3 is 12.0 Å². The fourth-order valence-electron chi connectivity index (χ4n) is 3.07. The molecule has 9 heteroatoms. The number of amides is 3. The predicted molar refractivity (Wildman–Crippen MR) is 106 cm³/mol. The lowest BCUT2D eigenvalue weighted by Gasteiger charge is -2.15. The zero-order valence-electron chi connectivity index (χ0n) is 16.2. The first-order valence-corrected chi connectivity index (χ1v) is 10.2. The molecule has 2 N–H and O–H groups in total. The molecule has 1 heterocycles. The van der Waals surface area contributed by atoms with E-state index in [4.69, 9.17) is 4.74 Å². The van der Waals surface area contributed by atoms with Crippen LogP contribution >= 0.6 is 11.3 Å². The quantitative estimate of drug-likeness (QED) is 0.722. The number of imide groups is 1. The maximum absolute atomic E-state index is 13.1. The summed E-state index contributed by atoms with van der Waals surface area (Å²) in [6.07, 6.45) is 2.76. The number of nitrogens with one attached hydrogen (secondary N) is 2. The van der Waals surface area contributed by atoms with Crippen LogP contribution in [-0.2, 0) is 9.53 Å². The lowest BCUT2D eigenvalue weighted by molar-refractivity contribution is -0.127. The van der Waals surface area contributed by atoms with E-state index in [0.29, 0.717) is 16.3 Å². The van der Waals surface area contributed by atoms with Crippen molar-refractivity contribution in [3.63, 3.8) is 0 Å². The van der Waals surface area contributed by atoms with Gasteiger partial charge in [-0.3, -0.25) is 10.1 Å². The Labute approximate surface area is 171 Å². The van der Waals surface area contributed by atoms with Gasteiger partial charge in [-0.2, -0.15) is 0 Å². The standard InChI is InChI=1S/C20H22FN3O4S/c1-11-16(29-18(22-11)13-7-9-14(21)10-8-13)19(26)28-12(2)17(25)24-20(27)23-15-5-3-4-6-15/h7-10,12,15H,3-6H2,1-2H3,(H2,23,24,25,27)/t12-/m1/s1. The molecule has 29 heavy (non-hydrogen) atoms. The van der Waals surface area contributed by atoms with Crippen LogP contribution < -0.4 is 10.6 Å². The summed E-state index contributed by atoms with van der Waals surface area (Å²) in [6, 6.07) is 5.26. The highest BCUT2D eigenvalue weighted by molar-refractivity contribution is 7.17. The van der Waals surface area contributed by atoms with Gasteiger partial charge in [-0.15, -0.1) is 11.3 Å². The van der Waals surface area contributed by atoms with E-state index in [9.17, 15) is 18.8 Å². The summed E-state index contributed by atoms with van der Waals surface area (Å²) in [6.45, 7) is 3.05. The third kappa shape index (κ3) is 5.38. The van der Waals surface area contributed by atoms with Crippen molar-refractivity contribution < 1.29 is 23.5 Å². The molecule has 1 fully saturated rings. The Morgan fingerprint density at radius 1 is 1.21 bits per heavy atom. The molecule has 1 aliphatic rings. The summed E-state index contributed by atoms with van der Waals surface area (Å²) in [4.78, 5) is 41.1. The largest absolute Gasteiger partial charge is 0.448 e. The highest BCUT2D eigenvalue weighted by atomic mass is 32.1. The van der Waals surface area contributed by atoms with E-state index >= 15 is 0 Å². The average molecular weight is 419 g/mol. The second-order valence-corrected chi connectivity index (χ2v) is 7.93. The van der Waals surface area contributed by atoms with Gasteiger partial charge < -0.3 is 10.1 Å². The number of carbonyl (C=O) groups is 3. The number of halogens is 1. The fourth-order valence-corrected chi connectivity index (χ4v) is 4.03. The van der Waals surface area contributed by atoms with Gasteiger partial charge in [0.1, 0.15) is 15.7 Å². The molecule has 1 aromatic carbocycles. The average Bonchev–Trinajstić information content (AvgIpc) is 3.31. The minimum absolute atomic E-state index is 0.0744. The van der Waals surface area contributed by atoms with Crippen molar-refractivity contribution in [2.45, 2.75) is 51.7 Å². The molecule has 7 nitrogen and oxygen atoms in total. The molecule has 1 saturated carbocycles. The summed E-state index contributed by atoms with van der Waals surface area (Å²) in [5, 5.41) is 5.48. The summed E-state index contributed by atoms with van der Waals surface area (Å²) in [5.41, 5.74) is 1.12. The van der Waals surface area contributed by atoms with Crippen LogP contribution in [0.1, 0.15) is 48.0 Å². The van der Waals surface area contributed by atoms with Gasteiger partial charge in [0.05, 0.1) is 5.69 Å². The third-order valence-electron chi connectivity index (χ3n) is 4.65. The number of aromatic nitrogens is 1. The van der Waals surface area contributed by atoms with Crippen LogP contribution in [0.3, 0.4) is 0 Å². The summed E-state index contributed by atoms with van der Waals surface area (Å²) >= 11 is 1.10. The summed E-state index contributed by atoms with van der Waals surface area (Å²) in [7, 11) is 0. The Morgan fingerprint density at radius 3 is 2.52 bits per heavy atom. The lowest BCUT2D eigenvalue weighted by atomic mass is 10.2. The van der Waals surface area contributed by atoms with Crippen molar-refractivity contribution in [3.05, 3.63) is 40.7 Å². The minimum Gasteiger partial charge on any atom is -0.448 e. The molecule has 0 saturated heterocycles. The Kier molecular flexibility index (Phi) is 6.58. The first kappa shape index (κ1) is 20.9. The van der Waals surface area contributed by atoms with Gasteiger partial charge in [0, 0.05) is 11.6 Å². The maximum Gasteiger partial charge on any atom is 0.351 e. The predicted octanol–water partition coefficient (Wildman–Crippen LogP) is 3.57. The van der Waals surface area contributed by atoms with Gasteiger partial charge in [-0.25, -0.2) is 19.0 Å². The van der Waals surface area contributed by atoms with Crippen LogP contribution in [0.4, 0.5) is 9.18 Å². The molecule has 1 atom stereocenters. The Bertz CT molecular complexity index is 907. The number of ether oxygens (including phenoxy) is 1. The van der Waals surface area contributed by atoms with Gasteiger partial charge in [0.25, 0.3) is 5.91 Å². The molecule has 0 unspecified atom stereocenters. The molecule has 3 rings (SSSR count). The first-order valence-electron chi connectivity index (χ1n) is 9.39. The number of nitrogens with zero attached hydrogens (tertiary/aromatic N) is 1. The Balaban J connectivity index is 1.58. The van der Waals surface area contributed by atoms with E-state index in [-0.39, 0.29) is 16.7 Å². The highest BCUT2D eigenvalue weighted by Gasteiger charge is 2.25. The SMILES string of the molecule is Cc1nc(-c2ccc(F)cc2)sc1C(=O)O[C@H](C)C(=O)NC(=O)NC1CCCC1. The van der Waals surface area contributed by atoms with Crippen LogP contribution in [-0.4, -0.2) is 35.0 Å². The molecule has 1 aromatic heterocycles. The summed E-state index contributed by atoms with van der Waals surface area (Å²) < 4.78 is 18.3. The highest BCUT2D eigenvalue weighted by Crippen LogP contribution is 2.28. The molecule has 0 aliphatic heterocycles. The Hall–Kier alpha value is -2.81. The van der Waals surface area contributed by atoms with E-state index in [0.717, 1.165) is 37.0 Å². The molecule has 0 radical (unpaired) electrons. The lowest BCUT2D eigenvalue weighted by Crippen LogP contribution is -2.47. The number of hydrogen-bond donors (Lipinski definition) is 2. The molecular formula is C20H22FN3O4S. The van der Waals surface area contributed by atoms with Crippen molar-refractivity contribution >= 4 is 29.2 Å². The van der Waals surface area contributed by atoms with Crippen LogP contribution in [0.15, 0.2) is 24.3 Å². The molecule has 3 amide bonds. The van der Waals surface area contributed by atoms with Crippen molar-refractivity contribution in [2.75, 3.05) is 0 Å².